The number of halogens is 1. The van der Waals surface area contributed by atoms with Gasteiger partial charge in [-0.3, -0.25) is 9.59 Å². The van der Waals surface area contributed by atoms with Gasteiger partial charge in [-0.15, -0.1) is 0 Å². The van der Waals surface area contributed by atoms with Crippen molar-refractivity contribution in [2.75, 3.05) is 13.2 Å². The zero-order valence-corrected chi connectivity index (χ0v) is 12.3. The van der Waals surface area contributed by atoms with Gasteiger partial charge in [-0.05, 0) is 44.0 Å². The van der Waals surface area contributed by atoms with Crippen molar-refractivity contribution in [3.05, 3.63) is 35.1 Å². The van der Waals surface area contributed by atoms with Crippen molar-refractivity contribution in [1.29, 1.82) is 0 Å². The van der Waals surface area contributed by atoms with Crippen LogP contribution in [-0.2, 0) is 19.1 Å². The van der Waals surface area contributed by atoms with Crippen LogP contribution >= 0.6 is 0 Å². The molecular weight excluding hydrogens is 279 g/mol. The van der Waals surface area contributed by atoms with Gasteiger partial charge in [0.05, 0.1) is 13.2 Å². The summed E-state index contributed by atoms with van der Waals surface area (Å²) in [6.45, 7) is 4.93. The summed E-state index contributed by atoms with van der Waals surface area (Å²) in [5, 5.41) is 10.3. The first-order valence-electron chi connectivity index (χ1n) is 6.69. The van der Waals surface area contributed by atoms with Crippen LogP contribution in [0.25, 0.3) is 0 Å². The lowest BCUT2D eigenvalue weighted by atomic mass is 9.92. The number of aliphatic hydroxyl groups is 1. The number of carbonyl (C=O) groups is 2. The van der Waals surface area contributed by atoms with Crippen molar-refractivity contribution in [3.8, 4) is 0 Å². The molecule has 1 N–H and O–H groups in total. The Labute approximate surface area is 122 Å². The highest BCUT2D eigenvalue weighted by Gasteiger charge is 2.38. The molecule has 1 atom stereocenters. The van der Waals surface area contributed by atoms with E-state index in [4.69, 9.17) is 9.47 Å². The fraction of sp³-hybridized carbons (Fsp3) is 0.467. The molecule has 1 unspecified atom stereocenters. The van der Waals surface area contributed by atoms with Gasteiger partial charge in [0, 0.05) is 0 Å². The highest BCUT2D eigenvalue weighted by atomic mass is 19.1. The van der Waals surface area contributed by atoms with Crippen LogP contribution in [0.5, 0.6) is 0 Å². The van der Waals surface area contributed by atoms with Gasteiger partial charge in [0.25, 0.3) is 0 Å². The van der Waals surface area contributed by atoms with Crippen LogP contribution < -0.4 is 0 Å². The van der Waals surface area contributed by atoms with Crippen LogP contribution in [0.1, 0.15) is 31.1 Å². The summed E-state index contributed by atoms with van der Waals surface area (Å²) in [6, 6.07) is 3.78. The molecule has 0 spiro atoms. The predicted octanol–water partition coefficient (Wildman–Crippen LogP) is 1.91. The zero-order chi connectivity index (χ0) is 16.0. The molecule has 0 heterocycles. The van der Waals surface area contributed by atoms with Crippen LogP contribution in [0.15, 0.2) is 18.2 Å². The van der Waals surface area contributed by atoms with E-state index >= 15 is 0 Å². The Morgan fingerprint density at radius 1 is 1.19 bits per heavy atom. The molecule has 0 aliphatic rings. The number of esters is 2. The Morgan fingerprint density at radius 2 is 1.71 bits per heavy atom. The van der Waals surface area contributed by atoms with Crippen LogP contribution in [0.3, 0.4) is 0 Å². The molecule has 1 aromatic carbocycles. The highest BCUT2D eigenvalue weighted by molar-refractivity contribution is 5.95. The van der Waals surface area contributed by atoms with Crippen LogP contribution in [0.4, 0.5) is 4.39 Å². The van der Waals surface area contributed by atoms with Gasteiger partial charge in [0.1, 0.15) is 11.9 Å². The average Bonchev–Trinajstić information content (AvgIpc) is 2.42. The summed E-state index contributed by atoms with van der Waals surface area (Å²) in [5.41, 5.74) is 0.712. The summed E-state index contributed by atoms with van der Waals surface area (Å²) < 4.78 is 22.9. The molecule has 0 saturated heterocycles. The molecule has 0 amide bonds. The predicted molar refractivity (Wildman–Crippen MR) is 72.9 cm³/mol. The number of hydrogen-bond acceptors (Lipinski definition) is 5. The van der Waals surface area contributed by atoms with E-state index in [0.717, 1.165) is 6.07 Å². The fourth-order valence-corrected chi connectivity index (χ4v) is 1.93. The highest BCUT2D eigenvalue weighted by Crippen LogP contribution is 2.27. The molecular formula is C15H19FO5. The Kier molecular flexibility index (Phi) is 6.30. The Balaban J connectivity index is 3.14. The van der Waals surface area contributed by atoms with Crippen LogP contribution in [0.2, 0.25) is 0 Å². The number of aryl methyl sites for hydroxylation is 1. The van der Waals surface area contributed by atoms with Gasteiger partial charge in [0.2, 0.25) is 0 Å². The van der Waals surface area contributed by atoms with Gasteiger partial charge in [0.15, 0.2) is 5.92 Å². The number of aliphatic hydroxyl groups excluding tert-OH is 1. The van der Waals surface area contributed by atoms with Crippen molar-refractivity contribution in [3.63, 3.8) is 0 Å². The summed E-state index contributed by atoms with van der Waals surface area (Å²) in [4.78, 5) is 23.8. The molecule has 0 aliphatic heterocycles. The molecule has 5 nitrogen and oxygen atoms in total. The van der Waals surface area contributed by atoms with E-state index in [-0.39, 0.29) is 18.8 Å². The summed E-state index contributed by atoms with van der Waals surface area (Å²) >= 11 is 0. The van der Waals surface area contributed by atoms with Gasteiger partial charge in [-0.2, -0.15) is 0 Å². The molecule has 0 saturated carbocycles. The lowest BCUT2D eigenvalue weighted by Gasteiger charge is -2.21. The first-order chi connectivity index (χ1) is 9.92. The van der Waals surface area contributed by atoms with Gasteiger partial charge >= 0.3 is 11.9 Å². The number of ether oxygens (including phenoxy) is 2. The van der Waals surface area contributed by atoms with Crippen LogP contribution in [0, 0.1) is 18.7 Å². The summed E-state index contributed by atoms with van der Waals surface area (Å²) in [7, 11) is 0. The van der Waals surface area contributed by atoms with Gasteiger partial charge in [-0.25, -0.2) is 4.39 Å². The van der Waals surface area contributed by atoms with E-state index in [1.807, 2.05) is 0 Å². The molecule has 0 bridgehead atoms. The average molecular weight is 298 g/mol. The fourth-order valence-electron chi connectivity index (χ4n) is 1.93. The van der Waals surface area contributed by atoms with Crippen molar-refractivity contribution < 1.29 is 28.6 Å². The van der Waals surface area contributed by atoms with E-state index in [1.165, 1.54) is 12.1 Å². The molecule has 6 heteroatoms. The lowest BCUT2D eigenvalue weighted by molar-refractivity contribution is -0.167. The quantitative estimate of drug-likeness (QED) is 0.641. The molecule has 116 valence electrons. The molecule has 0 radical (unpaired) electrons. The van der Waals surface area contributed by atoms with Crippen molar-refractivity contribution in [1.82, 2.24) is 0 Å². The SMILES string of the molecule is CCOC(=O)C(C(=O)OCC)C(O)c1cc(F)ccc1C. The maximum absolute atomic E-state index is 13.3. The number of carbonyl (C=O) groups excluding carboxylic acids is 2. The summed E-state index contributed by atoms with van der Waals surface area (Å²) in [6.07, 6.45) is -1.53. The summed E-state index contributed by atoms with van der Waals surface area (Å²) in [5.74, 6) is -3.90. The normalized spacial score (nSPS) is 12.1. The second kappa shape index (κ2) is 7.73. The number of hydrogen-bond donors (Lipinski definition) is 1. The van der Waals surface area contributed by atoms with Crippen LogP contribution in [-0.4, -0.2) is 30.3 Å². The lowest BCUT2D eigenvalue weighted by Crippen LogP contribution is -2.33. The molecule has 0 aromatic heterocycles. The van der Waals surface area contributed by atoms with E-state index in [0.29, 0.717) is 5.56 Å². The smallest absolute Gasteiger partial charge is 0.323 e. The number of benzene rings is 1. The molecule has 21 heavy (non-hydrogen) atoms. The number of rotatable bonds is 6. The zero-order valence-electron chi connectivity index (χ0n) is 12.3. The second-order valence-corrected chi connectivity index (χ2v) is 4.43. The maximum Gasteiger partial charge on any atom is 0.323 e. The third-order valence-electron chi connectivity index (χ3n) is 2.96. The van der Waals surface area contributed by atoms with Crippen molar-refractivity contribution in [2.24, 2.45) is 5.92 Å². The second-order valence-electron chi connectivity index (χ2n) is 4.43. The Hall–Kier alpha value is -1.95. The molecule has 1 rings (SSSR count). The third-order valence-corrected chi connectivity index (χ3v) is 2.96. The Bertz CT molecular complexity index is 497. The van der Waals surface area contributed by atoms with Gasteiger partial charge < -0.3 is 14.6 Å². The standard InChI is InChI=1S/C15H19FO5/c1-4-20-14(18)12(15(19)21-5-2)13(17)11-8-10(16)7-6-9(11)3/h6-8,12-13,17H,4-5H2,1-3H3. The largest absolute Gasteiger partial charge is 0.465 e. The van der Waals surface area contributed by atoms with Crippen molar-refractivity contribution >= 4 is 11.9 Å². The first kappa shape index (κ1) is 17.1. The van der Waals surface area contributed by atoms with Crippen molar-refractivity contribution in [2.45, 2.75) is 26.9 Å². The van der Waals surface area contributed by atoms with E-state index in [1.54, 1.807) is 20.8 Å². The Morgan fingerprint density at radius 3 is 2.19 bits per heavy atom. The minimum Gasteiger partial charge on any atom is -0.465 e. The van der Waals surface area contributed by atoms with Gasteiger partial charge in [-0.1, -0.05) is 6.07 Å². The monoisotopic (exact) mass is 298 g/mol. The molecule has 0 aliphatic carbocycles. The minimum absolute atomic E-state index is 0.0591. The topological polar surface area (TPSA) is 72.8 Å². The third kappa shape index (κ3) is 4.26. The van der Waals surface area contributed by atoms with E-state index < -0.39 is 29.8 Å². The molecule has 0 fully saturated rings. The molecule has 1 aromatic rings. The first-order valence-corrected chi connectivity index (χ1v) is 6.69. The maximum atomic E-state index is 13.3. The minimum atomic E-state index is -1.54. The van der Waals surface area contributed by atoms with E-state index in [2.05, 4.69) is 0 Å². The van der Waals surface area contributed by atoms with E-state index in [9.17, 15) is 19.1 Å².